The van der Waals surface area contributed by atoms with E-state index < -0.39 is 5.60 Å². The quantitative estimate of drug-likeness (QED) is 0.817. The van der Waals surface area contributed by atoms with Crippen molar-refractivity contribution in [2.75, 3.05) is 26.3 Å². The Labute approximate surface area is 102 Å². The minimum atomic E-state index is -0.936. The maximum Gasteiger partial charge on any atom is 0.136 e. The van der Waals surface area contributed by atoms with Crippen molar-refractivity contribution < 1.29 is 14.3 Å². The highest BCUT2D eigenvalue weighted by Gasteiger charge is 2.26. The summed E-state index contributed by atoms with van der Waals surface area (Å²) >= 11 is 0. The van der Waals surface area contributed by atoms with Crippen LogP contribution in [-0.4, -0.2) is 31.4 Å². The van der Waals surface area contributed by atoms with Crippen LogP contribution in [0.5, 0.6) is 0 Å². The van der Waals surface area contributed by atoms with Crippen molar-refractivity contribution in [3.8, 4) is 0 Å². The second-order valence-electron chi connectivity index (χ2n) is 4.94. The van der Waals surface area contributed by atoms with Crippen molar-refractivity contribution >= 4 is 0 Å². The minimum absolute atomic E-state index is 0.512. The summed E-state index contributed by atoms with van der Waals surface area (Å²) < 4.78 is 10.5. The van der Waals surface area contributed by atoms with E-state index in [1.807, 2.05) is 0 Å². The van der Waals surface area contributed by atoms with Crippen LogP contribution < -0.4 is 5.32 Å². The second-order valence-corrected chi connectivity index (χ2v) is 4.94. The van der Waals surface area contributed by atoms with Crippen LogP contribution in [0.2, 0.25) is 0 Å². The molecule has 17 heavy (non-hydrogen) atoms. The molecule has 0 aliphatic carbocycles. The van der Waals surface area contributed by atoms with Gasteiger partial charge in [-0.15, -0.1) is 0 Å². The Bertz CT molecular complexity index is 315. The number of ether oxygens (including phenoxy) is 1. The van der Waals surface area contributed by atoms with Crippen LogP contribution in [0.15, 0.2) is 22.8 Å². The number of nitrogens with one attached hydrogen (secondary N) is 1. The van der Waals surface area contributed by atoms with Gasteiger partial charge in [-0.3, -0.25) is 0 Å². The smallest absolute Gasteiger partial charge is 0.136 e. The van der Waals surface area contributed by atoms with Gasteiger partial charge in [0.15, 0.2) is 0 Å². The molecule has 1 saturated heterocycles. The molecule has 0 aromatic carbocycles. The van der Waals surface area contributed by atoms with E-state index in [4.69, 9.17) is 9.15 Å². The molecule has 1 aromatic heterocycles. The van der Waals surface area contributed by atoms with Gasteiger partial charge >= 0.3 is 0 Å². The summed E-state index contributed by atoms with van der Waals surface area (Å²) in [5, 5.41) is 13.5. The Morgan fingerprint density at radius 3 is 2.88 bits per heavy atom. The first kappa shape index (κ1) is 12.6. The Kier molecular flexibility index (Phi) is 4.20. The van der Waals surface area contributed by atoms with Crippen molar-refractivity contribution in [1.82, 2.24) is 5.32 Å². The lowest BCUT2D eigenvalue weighted by atomic mass is 9.99. The summed E-state index contributed by atoms with van der Waals surface area (Å²) in [6.07, 6.45) is 3.80. The lowest BCUT2D eigenvalue weighted by molar-refractivity contribution is 0.0291. The SMILES string of the molecule is CC(O)(CNCC1CCOCC1)c1ccco1. The third-order valence-electron chi connectivity index (χ3n) is 3.30. The molecule has 0 bridgehead atoms. The van der Waals surface area contributed by atoms with E-state index in [2.05, 4.69) is 5.32 Å². The normalized spacial score (nSPS) is 21.3. The maximum atomic E-state index is 10.2. The van der Waals surface area contributed by atoms with Gasteiger partial charge in [-0.05, 0) is 44.4 Å². The van der Waals surface area contributed by atoms with E-state index in [1.54, 1.807) is 25.3 Å². The molecule has 2 N–H and O–H groups in total. The third-order valence-corrected chi connectivity index (χ3v) is 3.30. The van der Waals surface area contributed by atoms with Crippen molar-refractivity contribution in [2.24, 2.45) is 5.92 Å². The first-order chi connectivity index (χ1) is 8.18. The molecular formula is C13H21NO3. The average molecular weight is 239 g/mol. The molecule has 1 aliphatic heterocycles. The maximum absolute atomic E-state index is 10.2. The lowest BCUT2D eigenvalue weighted by Crippen LogP contribution is -2.38. The molecule has 1 aromatic rings. The van der Waals surface area contributed by atoms with Crippen molar-refractivity contribution in [2.45, 2.75) is 25.4 Å². The molecule has 96 valence electrons. The van der Waals surface area contributed by atoms with Crippen LogP contribution in [-0.2, 0) is 10.3 Å². The van der Waals surface area contributed by atoms with Gasteiger partial charge in [0.2, 0.25) is 0 Å². The van der Waals surface area contributed by atoms with Gasteiger partial charge in [-0.1, -0.05) is 0 Å². The molecule has 2 rings (SSSR count). The van der Waals surface area contributed by atoms with Crippen molar-refractivity contribution in [3.63, 3.8) is 0 Å². The van der Waals surface area contributed by atoms with Gasteiger partial charge in [0.05, 0.1) is 6.26 Å². The molecule has 1 unspecified atom stereocenters. The summed E-state index contributed by atoms with van der Waals surface area (Å²) in [6, 6.07) is 3.60. The molecule has 4 heteroatoms. The first-order valence-corrected chi connectivity index (χ1v) is 6.23. The summed E-state index contributed by atoms with van der Waals surface area (Å²) in [6.45, 7) is 4.93. The summed E-state index contributed by atoms with van der Waals surface area (Å²) in [5.74, 6) is 1.27. The zero-order valence-corrected chi connectivity index (χ0v) is 10.3. The highest BCUT2D eigenvalue weighted by molar-refractivity contribution is 5.08. The summed E-state index contributed by atoms with van der Waals surface area (Å²) in [4.78, 5) is 0. The third kappa shape index (κ3) is 3.56. The molecule has 0 amide bonds. The van der Waals surface area contributed by atoms with Gasteiger partial charge in [0, 0.05) is 19.8 Å². The highest BCUT2D eigenvalue weighted by atomic mass is 16.5. The zero-order valence-electron chi connectivity index (χ0n) is 10.3. The Hall–Kier alpha value is -0.840. The van der Waals surface area contributed by atoms with Gasteiger partial charge < -0.3 is 19.6 Å². The Morgan fingerprint density at radius 1 is 1.47 bits per heavy atom. The summed E-state index contributed by atoms with van der Waals surface area (Å²) in [5.41, 5.74) is -0.936. The lowest BCUT2D eigenvalue weighted by Gasteiger charge is -2.25. The van der Waals surface area contributed by atoms with E-state index in [-0.39, 0.29) is 0 Å². The second kappa shape index (κ2) is 5.67. The Morgan fingerprint density at radius 2 is 2.24 bits per heavy atom. The van der Waals surface area contributed by atoms with E-state index in [0.717, 1.165) is 32.6 Å². The number of rotatable bonds is 5. The van der Waals surface area contributed by atoms with Crippen molar-refractivity contribution in [1.29, 1.82) is 0 Å². The fraction of sp³-hybridized carbons (Fsp3) is 0.692. The van der Waals surface area contributed by atoms with Crippen LogP contribution in [0, 0.1) is 5.92 Å². The van der Waals surface area contributed by atoms with Crippen molar-refractivity contribution in [3.05, 3.63) is 24.2 Å². The molecule has 1 atom stereocenters. The van der Waals surface area contributed by atoms with Gasteiger partial charge in [0.25, 0.3) is 0 Å². The number of aliphatic hydroxyl groups is 1. The topological polar surface area (TPSA) is 54.6 Å². The van der Waals surface area contributed by atoms with Crippen LogP contribution in [0.3, 0.4) is 0 Å². The summed E-state index contributed by atoms with van der Waals surface area (Å²) in [7, 11) is 0. The average Bonchev–Trinajstić information content (AvgIpc) is 2.84. The fourth-order valence-electron chi connectivity index (χ4n) is 2.14. The van der Waals surface area contributed by atoms with Crippen LogP contribution >= 0.6 is 0 Å². The molecule has 1 aliphatic rings. The monoisotopic (exact) mass is 239 g/mol. The molecule has 1 fully saturated rings. The van der Waals surface area contributed by atoms with E-state index in [9.17, 15) is 5.11 Å². The van der Waals surface area contributed by atoms with E-state index >= 15 is 0 Å². The van der Waals surface area contributed by atoms with Gasteiger partial charge in [-0.2, -0.15) is 0 Å². The molecule has 4 nitrogen and oxygen atoms in total. The molecule has 2 heterocycles. The van der Waals surface area contributed by atoms with Gasteiger partial charge in [0.1, 0.15) is 11.4 Å². The minimum Gasteiger partial charge on any atom is -0.466 e. The highest BCUT2D eigenvalue weighted by Crippen LogP contribution is 2.20. The Balaban J connectivity index is 1.74. The van der Waals surface area contributed by atoms with Crippen LogP contribution in [0.4, 0.5) is 0 Å². The van der Waals surface area contributed by atoms with E-state index in [0.29, 0.717) is 18.2 Å². The molecule has 0 radical (unpaired) electrons. The molecule has 0 spiro atoms. The number of furan rings is 1. The predicted octanol–water partition coefficient (Wildman–Crippen LogP) is 1.50. The fourth-order valence-corrected chi connectivity index (χ4v) is 2.14. The first-order valence-electron chi connectivity index (χ1n) is 6.23. The predicted molar refractivity (Wildman–Crippen MR) is 64.7 cm³/mol. The van der Waals surface area contributed by atoms with Crippen LogP contribution in [0.1, 0.15) is 25.5 Å². The standard InChI is InChI=1S/C13H21NO3/c1-13(15,12-3-2-6-17-12)10-14-9-11-4-7-16-8-5-11/h2-3,6,11,14-15H,4-5,7-10H2,1H3. The van der Waals surface area contributed by atoms with Crippen LogP contribution in [0.25, 0.3) is 0 Å². The zero-order chi connectivity index (χ0) is 12.1. The number of hydrogen-bond donors (Lipinski definition) is 2. The number of hydrogen-bond acceptors (Lipinski definition) is 4. The van der Waals surface area contributed by atoms with Gasteiger partial charge in [-0.25, -0.2) is 0 Å². The molecular weight excluding hydrogens is 218 g/mol. The van der Waals surface area contributed by atoms with E-state index in [1.165, 1.54) is 0 Å². The molecule has 0 saturated carbocycles. The largest absolute Gasteiger partial charge is 0.466 e.